The Morgan fingerprint density at radius 3 is 2.66 bits per heavy atom. The molecule has 5 nitrogen and oxygen atoms in total. The van der Waals surface area contributed by atoms with Gasteiger partial charge >= 0.3 is 0 Å². The Bertz CT molecular complexity index is 1030. The lowest BCUT2D eigenvalue weighted by Crippen LogP contribution is -2.36. The van der Waals surface area contributed by atoms with Gasteiger partial charge in [-0.15, -0.1) is 0 Å². The zero-order valence-electron chi connectivity index (χ0n) is 16.8. The fourth-order valence-electron chi connectivity index (χ4n) is 4.11. The average Bonchev–Trinajstić information content (AvgIpc) is 3.13. The first-order valence-corrected chi connectivity index (χ1v) is 10.4. The Balaban J connectivity index is 1.39. The van der Waals surface area contributed by atoms with E-state index in [4.69, 9.17) is 0 Å². The van der Waals surface area contributed by atoms with E-state index in [1.54, 1.807) is 6.07 Å². The Labute approximate surface area is 170 Å². The maximum atomic E-state index is 12.6. The largest absolute Gasteiger partial charge is 0.361 e. The minimum atomic E-state index is -0.0720. The number of fused-ring (bicyclic) bond motifs is 1. The predicted molar refractivity (Wildman–Crippen MR) is 116 cm³/mol. The molecule has 0 aliphatic heterocycles. The fourth-order valence-corrected chi connectivity index (χ4v) is 4.11. The molecule has 4 rings (SSSR count). The minimum Gasteiger partial charge on any atom is -0.361 e. The maximum Gasteiger partial charge on any atom is 0.251 e. The second kappa shape index (κ2) is 8.52. The topological polar surface area (TPSA) is 74.0 Å². The number of rotatable bonds is 5. The molecule has 0 atom stereocenters. The molecular formula is C24H27N3O2. The van der Waals surface area contributed by atoms with Crippen molar-refractivity contribution in [3.63, 3.8) is 0 Å². The number of aromatic amines is 1. The first-order valence-electron chi connectivity index (χ1n) is 10.4. The van der Waals surface area contributed by atoms with Crippen LogP contribution in [0.25, 0.3) is 10.9 Å². The van der Waals surface area contributed by atoms with E-state index in [9.17, 15) is 9.59 Å². The summed E-state index contributed by atoms with van der Waals surface area (Å²) in [6.07, 6.45) is 7.94. The molecule has 2 aromatic carbocycles. The van der Waals surface area contributed by atoms with E-state index in [2.05, 4.69) is 15.6 Å². The van der Waals surface area contributed by atoms with Crippen LogP contribution < -0.4 is 10.6 Å². The number of aryl methyl sites for hydroxylation is 1. The SMILES string of the molecule is Cc1cc(C(=O)NC2CCCCC2)ccc1NC(=O)Cc1c[nH]c2ccccc12. The van der Waals surface area contributed by atoms with Crippen molar-refractivity contribution in [2.24, 2.45) is 0 Å². The van der Waals surface area contributed by atoms with Gasteiger partial charge in [-0.05, 0) is 55.2 Å². The van der Waals surface area contributed by atoms with E-state index >= 15 is 0 Å². The number of aromatic nitrogens is 1. The molecule has 0 saturated heterocycles. The van der Waals surface area contributed by atoms with E-state index in [1.165, 1.54) is 19.3 Å². The molecule has 5 heteroatoms. The summed E-state index contributed by atoms with van der Waals surface area (Å²) in [5.41, 5.74) is 4.26. The summed E-state index contributed by atoms with van der Waals surface area (Å²) in [5.74, 6) is -0.103. The Morgan fingerprint density at radius 2 is 1.86 bits per heavy atom. The summed E-state index contributed by atoms with van der Waals surface area (Å²) in [6, 6.07) is 13.7. The van der Waals surface area contributed by atoms with Gasteiger partial charge < -0.3 is 15.6 Å². The second-order valence-corrected chi connectivity index (χ2v) is 7.92. The molecule has 150 valence electrons. The third-order valence-corrected chi connectivity index (χ3v) is 5.73. The molecule has 1 aromatic heterocycles. The number of hydrogen-bond acceptors (Lipinski definition) is 2. The summed E-state index contributed by atoms with van der Waals surface area (Å²) >= 11 is 0. The molecule has 2 amide bonds. The zero-order chi connectivity index (χ0) is 20.2. The predicted octanol–water partition coefficient (Wildman–Crippen LogP) is 4.72. The molecule has 0 unspecified atom stereocenters. The van der Waals surface area contributed by atoms with E-state index in [0.29, 0.717) is 12.0 Å². The smallest absolute Gasteiger partial charge is 0.251 e. The summed E-state index contributed by atoms with van der Waals surface area (Å²) in [7, 11) is 0. The van der Waals surface area contributed by atoms with Gasteiger partial charge in [-0.3, -0.25) is 9.59 Å². The number of amides is 2. The summed E-state index contributed by atoms with van der Waals surface area (Å²) in [4.78, 5) is 28.3. The zero-order valence-corrected chi connectivity index (χ0v) is 16.8. The van der Waals surface area contributed by atoms with Crippen LogP contribution >= 0.6 is 0 Å². The molecule has 1 fully saturated rings. The van der Waals surface area contributed by atoms with Gasteiger partial charge in [-0.25, -0.2) is 0 Å². The third kappa shape index (κ3) is 4.50. The number of benzene rings is 2. The minimum absolute atomic E-state index is 0.0309. The van der Waals surface area contributed by atoms with Gasteiger partial charge in [0, 0.05) is 34.4 Å². The highest BCUT2D eigenvalue weighted by Gasteiger charge is 2.17. The molecule has 0 bridgehead atoms. The van der Waals surface area contributed by atoms with Crippen molar-refractivity contribution < 1.29 is 9.59 Å². The average molecular weight is 389 g/mol. The first kappa shape index (κ1) is 19.2. The van der Waals surface area contributed by atoms with Crippen LogP contribution in [0.4, 0.5) is 5.69 Å². The van der Waals surface area contributed by atoms with Crippen molar-refractivity contribution in [2.45, 2.75) is 51.5 Å². The van der Waals surface area contributed by atoms with Crippen LogP contribution in [0.5, 0.6) is 0 Å². The van der Waals surface area contributed by atoms with Gasteiger partial charge in [-0.2, -0.15) is 0 Å². The summed E-state index contributed by atoms with van der Waals surface area (Å²) < 4.78 is 0. The molecule has 1 aliphatic carbocycles. The van der Waals surface area contributed by atoms with Gasteiger partial charge in [0.25, 0.3) is 5.91 Å². The summed E-state index contributed by atoms with van der Waals surface area (Å²) in [5, 5.41) is 7.18. The van der Waals surface area contributed by atoms with Gasteiger partial charge in [-0.1, -0.05) is 37.5 Å². The number of carbonyl (C=O) groups is 2. The van der Waals surface area contributed by atoms with Crippen LogP contribution in [-0.4, -0.2) is 22.8 Å². The number of anilines is 1. The maximum absolute atomic E-state index is 12.6. The van der Waals surface area contributed by atoms with Crippen LogP contribution in [0, 0.1) is 6.92 Å². The molecule has 0 radical (unpaired) electrons. The van der Waals surface area contributed by atoms with Gasteiger partial charge in [0.05, 0.1) is 6.42 Å². The first-order chi connectivity index (χ1) is 14.1. The van der Waals surface area contributed by atoms with Crippen LogP contribution in [0.1, 0.15) is 53.6 Å². The Morgan fingerprint density at radius 1 is 1.07 bits per heavy atom. The molecule has 3 aromatic rings. The normalized spacial score (nSPS) is 14.7. The lowest BCUT2D eigenvalue weighted by molar-refractivity contribution is -0.115. The number of carbonyl (C=O) groups excluding carboxylic acids is 2. The molecule has 1 heterocycles. The van der Waals surface area contributed by atoms with Crippen molar-refractivity contribution in [2.75, 3.05) is 5.32 Å². The number of nitrogens with one attached hydrogen (secondary N) is 3. The van der Waals surface area contributed by atoms with Crippen molar-refractivity contribution in [1.82, 2.24) is 10.3 Å². The monoisotopic (exact) mass is 389 g/mol. The number of H-pyrrole nitrogens is 1. The Hall–Kier alpha value is -3.08. The molecule has 1 saturated carbocycles. The highest BCUT2D eigenvalue weighted by Crippen LogP contribution is 2.21. The molecule has 0 spiro atoms. The Kier molecular flexibility index (Phi) is 5.65. The van der Waals surface area contributed by atoms with Crippen molar-refractivity contribution in [3.8, 4) is 0 Å². The third-order valence-electron chi connectivity index (χ3n) is 5.73. The van der Waals surface area contributed by atoms with Crippen molar-refractivity contribution in [1.29, 1.82) is 0 Å². The van der Waals surface area contributed by atoms with E-state index < -0.39 is 0 Å². The van der Waals surface area contributed by atoms with E-state index in [-0.39, 0.29) is 17.9 Å². The lowest BCUT2D eigenvalue weighted by atomic mass is 9.95. The highest BCUT2D eigenvalue weighted by molar-refractivity contribution is 5.98. The molecular weight excluding hydrogens is 362 g/mol. The van der Waals surface area contributed by atoms with Crippen molar-refractivity contribution in [3.05, 3.63) is 65.4 Å². The van der Waals surface area contributed by atoms with Crippen LogP contribution in [0.15, 0.2) is 48.7 Å². The molecule has 3 N–H and O–H groups in total. The van der Waals surface area contributed by atoms with E-state index in [1.807, 2.05) is 49.5 Å². The van der Waals surface area contributed by atoms with E-state index in [0.717, 1.165) is 40.6 Å². The summed E-state index contributed by atoms with van der Waals surface area (Å²) in [6.45, 7) is 1.92. The highest BCUT2D eigenvalue weighted by atomic mass is 16.2. The molecule has 29 heavy (non-hydrogen) atoms. The van der Waals surface area contributed by atoms with Gasteiger partial charge in [0.1, 0.15) is 0 Å². The molecule has 1 aliphatic rings. The quantitative estimate of drug-likeness (QED) is 0.591. The number of para-hydroxylation sites is 1. The fraction of sp³-hybridized carbons (Fsp3) is 0.333. The van der Waals surface area contributed by atoms with Crippen molar-refractivity contribution >= 4 is 28.4 Å². The van der Waals surface area contributed by atoms with Crippen LogP contribution in [0.2, 0.25) is 0 Å². The van der Waals surface area contributed by atoms with Gasteiger partial charge in [0.15, 0.2) is 0 Å². The second-order valence-electron chi connectivity index (χ2n) is 7.92. The lowest BCUT2D eigenvalue weighted by Gasteiger charge is -2.23. The van der Waals surface area contributed by atoms with Crippen LogP contribution in [-0.2, 0) is 11.2 Å². The number of hydrogen-bond donors (Lipinski definition) is 3. The van der Waals surface area contributed by atoms with Crippen LogP contribution in [0.3, 0.4) is 0 Å². The van der Waals surface area contributed by atoms with Gasteiger partial charge in [0.2, 0.25) is 5.91 Å². The standard InChI is InChI=1S/C24H27N3O2/c1-16-13-17(24(29)26-19-7-3-2-4-8-19)11-12-21(16)27-23(28)14-18-15-25-22-10-6-5-9-20(18)22/h5-6,9-13,15,19,25H,2-4,7-8,14H2,1H3,(H,26,29)(H,27,28).